The molecule has 0 aliphatic carbocycles. The molecule has 0 fully saturated rings. The number of amides is 1. The Bertz CT molecular complexity index is 1080. The highest BCUT2D eigenvalue weighted by Crippen LogP contribution is 2.14. The van der Waals surface area contributed by atoms with Crippen molar-refractivity contribution in [3.8, 4) is 0 Å². The molecule has 0 spiro atoms. The number of ketones is 1. The number of hydrogen-bond donors (Lipinski definition) is 3. The Morgan fingerprint density at radius 2 is 1.97 bits per heavy atom. The van der Waals surface area contributed by atoms with Gasteiger partial charge in [0.1, 0.15) is 17.4 Å². The molecule has 3 N–H and O–H groups in total. The fraction of sp³-hybridized carbons (Fsp3) is 0.609. The summed E-state index contributed by atoms with van der Waals surface area (Å²) in [6.07, 6.45) is 4.95. The minimum atomic E-state index is -1.21. The van der Waals surface area contributed by atoms with E-state index in [1.807, 2.05) is 13.8 Å². The Hall–Kier alpha value is -3.61. The van der Waals surface area contributed by atoms with Gasteiger partial charge in [-0.3, -0.25) is 28.6 Å². The van der Waals surface area contributed by atoms with E-state index in [2.05, 4.69) is 30.6 Å². The van der Waals surface area contributed by atoms with Gasteiger partial charge in [0, 0.05) is 12.4 Å². The van der Waals surface area contributed by atoms with Crippen molar-refractivity contribution >= 4 is 23.5 Å². The summed E-state index contributed by atoms with van der Waals surface area (Å²) in [5.74, 6) is -2.21. The summed E-state index contributed by atoms with van der Waals surface area (Å²) in [5.41, 5.74) is 0.533. The van der Waals surface area contributed by atoms with Gasteiger partial charge in [-0.2, -0.15) is 0 Å². The first-order chi connectivity index (χ1) is 17.2. The molecule has 0 aliphatic rings. The molecule has 0 bridgehead atoms. The number of Topliss-reactive ketones (excluding diaryl/α,β-unsaturated/α-hetero) is 1. The third-order valence-electron chi connectivity index (χ3n) is 5.64. The smallest absolute Gasteiger partial charge is 0.305 e. The summed E-state index contributed by atoms with van der Waals surface area (Å²) in [4.78, 5) is 56.4. The van der Waals surface area contributed by atoms with Crippen molar-refractivity contribution in [2.45, 2.75) is 71.5 Å². The fourth-order valence-electron chi connectivity index (χ4n) is 3.61. The monoisotopic (exact) mass is 505 g/mol. The van der Waals surface area contributed by atoms with Crippen LogP contribution in [0.2, 0.25) is 0 Å². The van der Waals surface area contributed by atoms with Crippen molar-refractivity contribution in [3.05, 3.63) is 34.1 Å². The van der Waals surface area contributed by atoms with Crippen molar-refractivity contribution in [3.63, 3.8) is 0 Å². The molecule has 0 radical (unpaired) electrons. The Kier molecular flexibility index (Phi) is 11.2. The molecule has 13 nitrogen and oxygen atoms in total. The topological polar surface area (TPSA) is 173 Å². The number of carbonyl (C=O) groups excluding carboxylic acids is 2. The number of hydrogen-bond acceptors (Lipinski definition) is 10. The predicted molar refractivity (Wildman–Crippen MR) is 130 cm³/mol. The number of likely N-dealkylation sites (N-methyl/N-ethyl adjacent to an activating group) is 1. The number of aliphatic carboxylic acids is 1. The van der Waals surface area contributed by atoms with Crippen LogP contribution in [-0.4, -0.2) is 73.7 Å². The zero-order valence-electron chi connectivity index (χ0n) is 21.2. The molecule has 2 heterocycles. The molecule has 0 aliphatic heterocycles. The largest absolute Gasteiger partial charge is 0.481 e. The maximum absolute atomic E-state index is 13.2. The van der Waals surface area contributed by atoms with E-state index in [1.54, 1.807) is 18.9 Å². The van der Waals surface area contributed by atoms with Gasteiger partial charge in [0.25, 0.3) is 5.56 Å². The molecule has 2 atom stereocenters. The van der Waals surface area contributed by atoms with E-state index in [9.17, 15) is 24.3 Å². The van der Waals surface area contributed by atoms with Gasteiger partial charge < -0.3 is 15.7 Å². The van der Waals surface area contributed by atoms with Crippen LogP contribution in [0.1, 0.15) is 63.4 Å². The van der Waals surface area contributed by atoms with E-state index < -0.39 is 41.7 Å². The van der Waals surface area contributed by atoms with Crippen LogP contribution in [0.15, 0.2) is 21.8 Å². The number of aromatic nitrogens is 4. The van der Waals surface area contributed by atoms with Gasteiger partial charge in [0.15, 0.2) is 11.6 Å². The number of aryl methyl sites for hydroxylation is 1. The highest BCUT2D eigenvalue weighted by atomic mass is 16.6. The lowest BCUT2D eigenvalue weighted by Gasteiger charge is -2.24. The average molecular weight is 506 g/mol. The quantitative estimate of drug-likeness (QED) is 0.299. The van der Waals surface area contributed by atoms with Gasteiger partial charge in [0.2, 0.25) is 5.91 Å². The van der Waals surface area contributed by atoms with E-state index in [1.165, 1.54) is 17.0 Å². The number of unbranched alkanes of at least 4 members (excludes halogenated alkanes) is 1. The van der Waals surface area contributed by atoms with Crippen LogP contribution in [0.3, 0.4) is 0 Å². The Morgan fingerprint density at radius 3 is 2.58 bits per heavy atom. The predicted octanol–water partition coefficient (Wildman–Crippen LogP) is 1.15. The third-order valence-corrected chi connectivity index (χ3v) is 5.64. The highest BCUT2D eigenvalue weighted by molar-refractivity contribution is 5.93. The van der Waals surface area contributed by atoms with Crippen LogP contribution in [0.25, 0.3) is 0 Å². The molecule has 36 heavy (non-hydrogen) atoms. The zero-order valence-corrected chi connectivity index (χ0v) is 21.2. The Labute approximate surface area is 209 Å². The van der Waals surface area contributed by atoms with E-state index in [0.29, 0.717) is 30.8 Å². The first-order valence-electron chi connectivity index (χ1n) is 12.0. The van der Waals surface area contributed by atoms with Crippen LogP contribution >= 0.6 is 0 Å². The van der Waals surface area contributed by atoms with Crippen molar-refractivity contribution in [1.82, 2.24) is 30.1 Å². The number of carbonyl (C=O) groups is 3. The zero-order chi connectivity index (χ0) is 26.7. The van der Waals surface area contributed by atoms with Gasteiger partial charge in [0.05, 0.1) is 25.6 Å². The first-order valence-corrected chi connectivity index (χ1v) is 12.0. The minimum absolute atomic E-state index is 0.00418. The van der Waals surface area contributed by atoms with Crippen LogP contribution in [-0.2, 0) is 20.9 Å². The van der Waals surface area contributed by atoms with Crippen molar-refractivity contribution in [2.75, 3.05) is 25.5 Å². The second kappa shape index (κ2) is 14.1. The van der Waals surface area contributed by atoms with E-state index >= 15 is 0 Å². The van der Waals surface area contributed by atoms with E-state index in [0.717, 1.165) is 12.8 Å². The second-order valence-electron chi connectivity index (χ2n) is 8.66. The van der Waals surface area contributed by atoms with Gasteiger partial charge in [-0.25, -0.2) is 9.61 Å². The fourth-order valence-corrected chi connectivity index (χ4v) is 3.61. The van der Waals surface area contributed by atoms with Crippen LogP contribution in [0.4, 0.5) is 5.82 Å². The number of rotatable bonds is 16. The molecule has 0 saturated carbocycles. The Morgan fingerprint density at radius 1 is 1.22 bits per heavy atom. The molecule has 0 aromatic carbocycles. The lowest BCUT2D eigenvalue weighted by atomic mass is 10.1. The summed E-state index contributed by atoms with van der Waals surface area (Å²) in [7, 11) is 1.77. The minimum Gasteiger partial charge on any atom is -0.481 e. The normalized spacial score (nSPS) is 12.8. The van der Waals surface area contributed by atoms with E-state index in [-0.39, 0.29) is 18.9 Å². The van der Waals surface area contributed by atoms with Gasteiger partial charge in [-0.05, 0) is 33.4 Å². The first kappa shape index (κ1) is 28.6. The molecule has 2 aromatic rings. The van der Waals surface area contributed by atoms with Gasteiger partial charge in [-0.1, -0.05) is 37.0 Å². The van der Waals surface area contributed by atoms with Crippen molar-refractivity contribution in [1.29, 1.82) is 0 Å². The van der Waals surface area contributed by atoms with Crippen molar-refractivity contribution < 1.29 is 24.1 Å². The summed E-state index contributed by atoms with van der Waals surface area (Å²) >= 11 is 0. The van der Waals surface area contributed by atoms with Gasteiger partial charge >= 0.3 is 5.97 Å². The lowest BCUT2D eigenvalue weighted by Crippen LogP contribution is -2.49. The molecule has 2 aromatic heterocycles. The summed E-state index contributed by atoms with van der Waals surface area (Å²) < 4.78 is 5.88. The molecule has 2 unspecified atom stereocenters. The molecular formula is C23H35N7O6. The number of carboxylic acid groups (broad SMARTS) is 1. The summed E-state index contributed by atoms with van der Waals surface area (Å²) in [6.45, 7) is 6.44. The molecule has 198 valence electrons. The number of anilines is 1. The number of carboxylic acids is 1. The SMILES string of the molecule is CCCCN(C)CC(=O)C(CC(=O)O)NC(=O)C(CCC)n1ccnc(NCc2nonc2C)c1=O. The average Bonchev–Trinajstić information content (AvgIpc) is 3.24. The maximum atomic E-state index is 13.2. The Balaban J connectivity index is 2.21. The molecule has 1 amide bonds. The molecule has 0 saturated heterocycles. The standard InChI is InChI=1S/C23H35N7O6/c1-5-7-10-29(4)14-19(31)16(12-20(32)33)26-22(34)18(8-6-2)30-11-9-24-21(23(30)35)25-13-17-15(3)27-36-28-17/h9,11,16,18H,5-8,10,12-14H2,1-4H3,(H,24,25)(H,26,34)(H,32,33). The van der Waals surface area contributed by atoms with Crippen LogP contribution < -0.4 is 16.2 Å². The van der Waals surface area contributed by atoms with E-state index in [4.69, 9.17) is 0 Å². The second-order valence-corrected chi connectivity index (χ2v) is 8.66. The van der Waals surface area contributed by atoms with Crippen LogP contribution in [0, 0.1) is 6.92 Å². The highest BCUT2D eigenvalue weighted by Gasteiger charge is 2.29. The number of nitrogens with one attached hydrogen (secondary N) is 2. The third kappa shape index (κ3) is 8.26. The molecule has 13 heteroatoms. The number of nitrogens with zero attached hydrogens (tertiary/aromatic N) is 5. The summed E-state index contributed by atoms with van der Waals surface area (Å²) in [5, 5.41) is 22.2. The molecule has 2 rings (SSSR count). The van der Waals surface area contributed by atoms with Gasteiger partial charge in [-0.15, -0.1) is 0 Å². The molecular weight excluding hydrogens is 470 g/mol. The van der Waals surface area contributed by atoms with Crippen LogP contribution in [0.5, 0.6) is 0 Å². The maximum Gasteiger partial charge on any atom is 0.305 e. The van der Waals surface area contributed by atoms with Crippen molar-refractivity contribution in [2.24, 2.45) is 0 Å². The summed E-state index contributed by atoms with van der Waals surface area (Å²) in [6, 6.07) is -2.17. The lowest BCUT2D eigenvalue weighted by molar-refractivity contribution is -0.140.